The Kier molecular flexibility index (Phi) is 7.21. The second kappa shape index (κ2) is 8.48. The van der Waals surface area contributed by atoms with Crippen LogP contribution < -0.4 is 5.32 Å². The van der Waals surface area contributed by atoms with E-state index >= 15 is 0 Å². The molecule has 98 valence electrons. The lowest BCUT2D eigenvalue weighted by molar-refractivity contribution is 0.456. The summed E-state index contributed by atoms with van der Waals surface area (Å²) in [7, 11) is 0. The van der Waals surface area contributed by atoms with Crippen LogP contribution in [0.15, 0.2) is 6.33 Å². The van der Waals surface area contributed by atoms with Crippen LogP contribution in [0.2, 0.25) is 0 Å². The highest BCUT2D eigenvalue weighted by molar-refractivity contribution is 6.17. The van der Waals surface area contributed by atoms with Crippen molar-refractivity contribution in [2.75, 3.05) is 12.4 Å². The van der Waals surface area contributed by atoms with Gasteiger partial charge in [-0.05, 0) is 25.3 Å². The average molecular weight is 259 g/mol. The van der Waals surface area contributed by atoms with Gasteiger partial charge in [-0.2, -0.15) is 5.10 Å². The zero-order chi connectivity index (χ0) is 12.5. The number of aromatic nitrogens is 3. The summed E-state index contributed by atoms with van der Waals surface area (Å²) in [5.41, 5.74) is 0. The summed E-state index contributed by atoms with van der Waals surface area (Å²) in [5, 5.41) is 7.63. The van der Waals surface area contributed by atoms with Crippen LogP contribution in [0.25, 0.3) is 0 Å². The molecule has 0 aliphatic rings. The van der Waals surface area contributed by atoms with E-state index in [1.54, 1.807) is 6.33 Å². The maximum atomic E-state index is 5.62. The lowest BCUT2D eigenvalue weighted by Crippen LogP contribution is -2.20. The topological polar surface area (TPSA) is 42.7 Å². The van der Waals surface area contributed by atoms with Gasteiger partial charge in [-0.1, -0.05) is 20.3 Å². The molecular weight excluding hydrogens is 236 g/mol. The Morgan fingerprint density at radius 2 is 2.18 bits per heavy atom. The Labute approximate surface area is 109 Å². The monoisotopic (exact) mass is 258 g/mol. The predicted octanol–water partition coefficient (Wildman–Crippen LogP) is 2.43. The molecule has 0 saturated carbocycles. The third-order valence-electron chi connectivity index (χ3n) is 2.50. The van der Waals surface area contributed by atoms with Crippen LogP contribution in [0.3, 0.4) is 0 Å². The molecule has 0 atom stereocenters. The molecule has 1 aromatic heterocycles. The molecule has 1 N–H and O–H groups in total. The van der Waals surface area contributed by atoms with Crippen molar-refractivity contribution in [1.29, 1.82) is 0 Å². The minimum Gasteiger partial charge on any atom is -0.310 e. The molecule has 1 rings (SSSR count). The van der Waals surface area contributed by atoms with E-state index in [1.165, 1.54) is 12.8 Å². The Bertz CT molecular complexity index is 298. The van der Waals surface area contributed by atoms with Crippen LogP contribution in [0, 0.1) is 5.92 Å². The summed E-state index contributed by atoms with van der Waals surface area (Å²) in [4.78, 5) is 4.27. The fourth-order valence-electron chi connectivity index (χ4n) is 1.64. The molecule has 5 heteroatoms. The van der Waals surface area contributed by atoms with Crippen LogP contribution in [0.4, 0.5) is 0 Å². The Hall–Kier alpha value is -0.610. The van der Waals surface area contributed by atoms with Crippen molar-refractivity contribution in [3.63, 3.8) is 0 Å². The van der Waals surface area contributed by atoms with E-state index in [2.05, 4.69) is 29.2 Å². The largest absolute Gasteiger partial charge is 0.310 e. The van der Waals surface area contributed by atoms with Gasteiger partial charge in [-0.15, -0.1) is 11.6 Å². The summed E-state index contributed by atoms with van der Waals surface area (Å²) < 4.78 is 1.98. The van der Waals surface area contributed by atoms with Crippen molar-refractivity contribution >= 4 is 11.6 Å². The van der Waals surface area contributed by atoms with Crippen molar-refractivity contribution in [1.82, 2.24) is 20.1 Å². The fraction of sp³-hybridized carbons (Fsp3) is 0.833. The molecule has 0 saturated heterocycles. The van der Waals surface area contributed by atoms with Crippen molar-refractivity contribution in [2.24, 2.45) is 5.92 Å². The van der Waals surface area contributed by atoms with Crippen molar-refractivity contribution in [3.05, 3.63) is 12.2 Å². The van der Waals surface area contributed by atoms with Gasteiger partial charge in [0, 0.05) is 12.4 Å². The van der Waals surface area contributed by atoms with Gasteiger partial charge in [-0.3, -0.25) is 0 Å². The van der Waals surface area contributed by atoms with Gasteiger partial charge in [-0.25, -0.2) is 9.67 Å². The molecule has 0 bridgehead atoms. The van der Waals surface area contributed by atoms with E-state index in [1.807, 2.05) is 4.68 Å². The van der Waals surface area contributed by atoms with Gasteiger partial charge in [0.2, 0.25) is 0 Å². The van der Waals surface area contributed by atoms with Gasteiger partial charge in [0.25, 0.3) is 0 Å². The summed E-state index contributed by atoms with van der Waals surface area (Å²) in [6.07, 6.45) is 5.10. The Morgan fingerprint density at radius 1 is 1.35 bits per heavy atom. The molecule has 0 fully saturated rings. The fourth-order valence-corrected chi connectivity index (χ4v) is 1.83. The summed E-state index contributed by atoms with van der Waals surface area (Å²) in [6.45, 7) is 7.12. The third-order valence-corrected chi connectivity index (χ3v) is 2.77. The third kappa shape index (κ3) is 6.03. The molecule has 0 radical (unpaired) electrons. The van der Waals surface area contributed by atoms with E-state index < -0.39 is 0 Å². The first-order valence-corrected chi connectivity index (χ1v) is 6.91. The van der Waals surface area contributed by atoms with Crippen LogP contribution in [0.5, 0.6) is 0 Å². The highest BCUT2D eigenvalue weighted by atomic mass is 35.5. The molecule has 1 aromatic rings. The zero-order valence-corrected chi connectivity index (χ0v) is 11.6. The summed E-state index contributed by atoms with van der Waals surface area (Å²) >= 11 is 5.62. The van der Waals surface area contributed by atoms with E-state index in [4.69, 9.17) is 11.6 Å². The van der Waals surface area contributed by atoms with Crippen molar-refractivity contribution < 1.29 is 0 Å². The van der Waals surface area contributed by atoms with Crippen LogP contribution in [-0.2, 0) is 13.1 Å². The molecule has 0 aromatic carbocycles. The normalized spacial score (nSPS) is 11.3. The number of rotatable bonds is 9. The molecule has 0 aliphatic heterocycles. The van der Waals surface area contributed by atoms with Crippen LogP contribution in [0.1, 0.15) is 38.9 Å². The second-order valence-electron chi connectivity index (χ2n) is 4.68. The number of nitrogens with one attached hydrogen (secondary N) is 1. The highest BCUT2D eigenvalue weighted by Gasteiger charge is 2.05. The minimum absolute atomic E-state index is 0.596. The minimum atomic E-state index is 0.596. The first kappa shape index (κ1) is 14.5. The molecule has 17 heavy (non-hydrogen) atoms. The van der Waals surface area contributed by atoms with E-state index in [-0.39, 0.29) is 0 Å². The zero-order valence-electron chi connectivity index (χ0n) is 10.8. The van der Waals surface area contributed by atoms with Crippen LogP contribution in [-0.4, -0.2) is 27.2 Å². The number of unbranched alkanes of at least 4 members (excludes halogenated alkanes) is 2. The maximum absolute atomic E-state index is 5.62. The van der Waals surface area contributed by atoms with E-state index in [9.17, 15) is 0 Å². The molecule has 1 heterocycles. The Morgan fingerprint density at radius 3 is 2.88 bits per heavy atom. The number of hydrogen-bond donors (Lipinski definition) is 1. The quantitative estimate of drug-likeness (QED) is 0.547. The van der Waals surface area contributed by atoms with E-state index in [0.717, 1.165) is 37.8 Å². The number of alkyl halides is 1. The molecule has 0 aliphatic carbocycles. The van der Waals surface area contributed by atoms with E-state index in [0.29, 0.717) is 5.92 Å². The molecule has 4 nitrogen and oxygen atoms in total. The molecular formula is C12H23ClN4. The number of halogens is 1. The number of nitrogens with zero attached hydrogens (tertiary/aromatic N) is 3. The first-order valence-electron chi connectivity index (χ1n) is 6.37. The van der Waals surface area contributed by atoms with Gasteiger partial charge >= 0.3 is 0 Å². The molecule has 0 amide bonds. The predicted molar refractivity (Wildman–Crippen MR) is 71.1 cm³/mol. The average Bonchev–Trinajstić information content (AvgIpc) is 2.70. The SMILES string of the molecule is CC(C)Cn1ncnc1CNCCCCCCl. The Balaban J connectivity index is 2.20. The smallest absolute Gasteiger partial charge is 0.140 e. The van der Waals surface area contributed by atoms with Gasteiger partial charge in [0.15, 0.2) is 0 Å². The van der Waals surface area contributed by atoms with Crippen LogP contribution >= 0.6 is 11.6 Å². The van der Waals surface area contributed by atoms with Crippen molar-refractivity contribution in [2.45, 2.75) is 46.2 Å². The summed E-state index contributed by atoms with van der Waals surface area (Å²) in [6, 6.07) is 0. The van der Waals surface area contributed by atoms with Crippen molar-refractivity contribution in [3.8, 4) is 0 Å². The van der Waals surface area contributed by atoms with Gasteiger partial charge in [0.05, 0.1) is 6.54 Å². The molecule has 0 spiro atoms. The van der Waals surface area contributed by atoms with Gasteiger partial charge in [0.1, 0.15) is 12.2 Å². The first-order chi connectivity index (χ1) is 8.24. The second-order valence-corrected chi connectivity index (χ2v) is 5.06. The number of hydrogen-bond acceptors (Lipinski definition) is 3. The van der Waals surface area contributed by atoms with Gasteiger partial charge < -0.3 is 5.32 Å². The highest BCUT2D eigenvalue weighted by Crippen LogP contribution is 2.01. The maximum Gasteiger partial charge on any atom is 0.140 e. The summed E-state index contributed by atoms with van der Waals surface area (Å²) in [5.74, 6) is 2.39. The molecule has 0 unspecified atom stereocenters. The lowest BCUT2D eigenvalue weighted by atomic mass is 10.2. The standard InChI is InChI=1S/C12H23ClN4/c1-11(2)9-17-12(15-10-16-17)8-14-7-5-3-4-6-13/h10-11,14H,3-9H2,1-2H3. The lowest BCUT2D eigenvalue weighted by Gasteiger charge is -2.09.